The molecular weight excluding hydrogens is 254 g/mol. The van der Waals surface area contributed by atoms with E-state index in [1.165, 1.54) is 0 Å². The second kappa shape index (κ2) is 5.49. The maximum Gasteiger partial charge on any atom is 0.293 e. The summed E-state index contributed by atoms with van der Waals surface area (Å²) in [6, 6.07) is 9.81. The lowest BCUT2D eigenvalue weighted by Crippen LogP contribution is -2.31. The zero-order valence-corrected chi connectivity index (χ0v) is 11.1. The fourth-order valence-electron chi connectivity index (χ4n) is 3.22. The van der Waals surface area contributed by atoms with E-state index in [4.69, 9.17) is 4.74 Å². The predicted octanol–water partition coefficient (Wildman–Crippen LogP) is 1.81. The van der Waals surface area contributed by atoms with Gasteiger partial charge in [-0.05, 0) is 24.3 Å². The van der Waals surface area contributed by atoms with Gasteiger partial charge in [0.05, 0.1) is 0 Å². The van der Waals surface area contributed by atoms with Gasteiger partial charge in [0.2, 0.25) is 5.91 Å². The molecule has 1 N–H and O–H groups in total. The standard InChI is InChI=1S/C16H17NO3/c18-10-20-15-8-12-6-13(15)14(7-12)16(19)17-9-11-4-2-1-3-5-11/h1-5,7,10,12-13,15H,6,8-9H2,(H,17,19). The molecule has 3 unspecified atom stereocenters. The second-order valence-electron chi connectivity index (χ2n) is 5.40. The van der Waals surface area contributed by atoms with Crippen molar-refractivity contribution in [1.82, 2.24) is 5.32 Å². The van der Waals surface area contributed by atoms with E-state index in [9.17, 15) is 9.59 Å². The lowest BCUT2D eigenvalue weighted by molar-refractivity contribution is -0.135. The van der Waals surface area contributed by atoms with Crippen molar-refractivity contribution >= 4 is 12.4 Å². The summed E-state index contributed by atoms with van der Waals surface area (Å²) in [7, 11) is 0. The molecule has 1 saturated carbocycles. The molecule has 0 heterocycles. The molecule has 104 valence electrons. The van der Waals surface area contributed by atoms with Crippen LogP contribution in [0.15, 0.2) is 42.0 Å². The summed E-state index contributed by atoms with van der Waals surface area (Å²) in [5.74, 6) is 0.406. The zero-order valence-electron chi connectivity index (χ0n) is 11.1. The van der Waals surface area contributed by atoms with Gasteiger partial charge in [0.1, 0.15) is 6.10 Å². The number of amides is 1. The number of nitrogens with one attached hydrogen (secondary N) is 1. The molecular formula is C16H17NO3. The second-order valence-corrected chi connectivity index (χ2v) is 5.40. The minimum atomic E-state index is -0.125. The number of allylic oxidation sites excluding steroid dienone is 1. The van der Waals surface area contributed by atoms with E-state index in [-0.39, 0.29) is 17.9 Å². The highest BCUT2D eigenvalue weighted by atomic mass is 16.5. The van der Waals surface area contributed by atoms with E-state index in [1.54, 1.807) is 0 Å². The lowest BCUT2D eigenvalue weighted by atomic mass is 9.95. The Balaban J connectivity index is 1.61. The lowest BCUT2D eigenvalue weighted by Gasteiger charge is -2.21. The van der Waals surface area contributed by atoms with Gasteiger partial charge in [-0.15, -0.1) is 0 Å². The van der Waals surface area contributed by atoms with Crippen molar-refractivity contribution in [3.63, 3.8) is 0 Å². The minimum Gasteiger partial charge on any atom is -0.464 e. The Morgan fingerprint density at radius 3 is 2.80 bits per heavy atom. The van der Waals surface area contributed by atoms with Gasteiger partial charge in [0.25, 0.3) is 6.47 Å². The molecule has 0 radical (unpaired) electrons. The Bertz CT molecular complexity index is 538. The quantitative estimate of drug-likeness (QED) is 0.831. The van der Waals surface area contributed by atoms with Gasteiger partial charge in [-0.2, -0.15) is 0 Å². The van der Waals surface area contributed by atoms with E-state index in [0.29, 0.717) is 18.9 Å². The molecule has 0 aromatic heterocycles. The van der Waals surface area contributed by atoms with Crippen LogP contribution < -0.4 is 5.32 Å². The third-order valence-electron chi connectivity index (χ3n) is 4.14. The molecule has 1 amide bonds. The average Bonchev–Trinajstić information content (AvgIpc) is 3.06. The molecule has 20 heavy (non-hydrogen) atoms. The van der Waals surface area contributed by atoms with Gasteiger partial charge >= 0.3 is 0 Å². The molecule has 4 heteroatoms. The molecule has 1 aromatic rings. The highest BCUT2D eigenvalue weighted by Gasteiger charge is 2.44. The molecule has 2 aliphatic carbocycles. The van der Waals surface area contributed by atoms with Crippen LogP contribution in [0.3, 0.4) is 0 Å². The number of benzene rings is 1. The number of carbonyl (C=O) groups is 2. The Morgan fingerprint density at radius 1 is 1.30 bits per heavy atom. The molecule has 2 bridgehead atoms. The molecule has 2 aliphatic rings. The van der Waals surface area contributed by atoms with Crippen LogP contribution in [0.5, 0.6) is 0 Å². The van der Waals surface area contributed by atoms with E-state index in [0.717, 1.165) is 24.0 Å². The summed E-state index contributed by atoms with van der Waals surface area (Å²) >= 11 is 0. The third kappa shape index (κ3) is 2.46. The Morgan fingerprint density at radius 2 is 2.10 bits per heavy atom. The number of rotatable bonds is 5. The summed E-state index contributed by atoms with van der Waals surface area (Å²) in [6.45, 7) is 1.01. The van der Waals surface area contributed by atoms with E-state index >= 15 is 0 Å². The van der Waals surface area contributed by atoms with Gasteiger partial charge in [0.15, 0.2) is 0 Å². The largest absolute Gasteiger partial charge is 0.464 e. The predicted molar refractivity (Wildman–Crippen MR) is 73.5 cm³/mol. The summed E-state index contributed by atoms with van der Waals surface area (Å²) in [6.07, 6.45) is 3.68. The maximum absolute atomic E-state index is 12.2. The molecule has 3 rings (SSSR count). The monoisotopic (exact) mass is 271 g/mol. The van der Waals surface area contributed by atoms with Gasteiger partial charge in [-0.3, -0.25) is 9.59 Å². The molecule has 0 spiro atoms. The molecule has 1 aromatic carbocycles. The normalized spacial score (nSPS) is 27.0. The van der Waals surface area contributed by atoms with Crippen LogP contribution in [0, 0.1) is 11.8 Å². The first-order valence-electron chi connectivity index (χ1n) is 6.91. The van der Waals surface area contributed by atoms with Crippen LogP contribution in [-0.2, 0) is 20.9 Å². The molecule has 3 atom stereocenters. The first-order chi connectivity index (χ1) is 9.78. The highest BCUT2D eigenvalue weighted by molar-refractivity contribution is 5.94. The fraction of sp³-hybridized carbons (Fsp3) is 0.375. The van der Waals surface area contributed by atoms with Crippen LogP contribution in [0.1, 0.15) is 18.4 Å². The Hall–Kier alpha value is -2.10. The molecule has 1 fully saturated rings. The van der Waals surface area contributed by atoms with Crippen molar-refractivity contribution in [1.29, 1.82) is 0 Å². The fourth-order valence-corrected chi connectivity index (χ4v) is 3.22. The third-order valence-corrected chi connectivity index (χ3v) is 4.14. The van der Waals surface area contributed by atoms with Crippen LogP contribution in [0.25, 0.3) is 0 Å². The number of fused-ring (bicyclic) bond motifs is 2. The molecule has 4 nitrogen and oxygen atoms in total. The maximum atomic E-state index is 12.2. The van der Waals surface area contributed by atoms with Crippen molar-refractivity contribution in [3.8, 4) is 0 Å². The van der Waals surface area contributed by atoms with Gasteiger partial charge in [-0.25, -0.2) is 0 Å². The summed E-state index contributed by atoms with van der Waals surface area (Å²) in [5, 5.41) is 2.94. The molecule has 0 aliphatic heterocycles. The van der Waals surface area contributed by atoms with E-state index < -0.39 is 0 Å². The van der Waals surface area contributed by atoms with Gasteiger partial charge in [0, 0.05) is 18.0 Å². The van der Waals surface area contributed by atoms with E-state index in [2.05, 4.69) is 5.32 Å². The Labute approximate surface area is 117 Å². The van der Waals surface area contributed by atoms with Crippen molar-refractivity contribution in [2.24, 2.45) is 11.8 Å². The van der Waals surface area contributed by atoms with Crippen molar-refractivity contribution in [2.75, 3.05) is 0 Å². The summed E-state index contributed by atoms with van der Waals surface area (Å²) < 4.78 is 5.08. The van der Waals surface area contributed by atoms with Crippen molar-refractivity contribution < 1.29 is 14.3 Å². The summed E-state index contributed by atoms with van der Waals surface area (Å²) in [5.41, 5.74) is 1.86. The first kappa shape index (κ1) is 12.9. The smallest absolute Gasteiger partial charge is 0.293 e. The number of ether oxygens (including phenoxy) is 1. The number of hydrogen-bond acceptors (Lipinski definition) is 3. The van der Waals surface area contributed by atoms with Crippen LogP contribution in [0.2, 0.25) is 0 Å². The van der Waals surface area contributed by atoms with Gasteiger partial charge < -0.3 is 10.1 Å². The average molecular weight is 271 g/mol. The van der Waals surface area contributed by atoms with Crippen LogP contribution >= 0.6 is 0 Å². The Kier molecular flexibility index (Phi) is 3.54. The first-order valence-corrected chi connectivity index (χ1v) is 6.91. The van der Waals surface area contributed by atoms with Gasteiger partial charge in [-0.1, -0.05) is 36.4 Å². The summed E-state index contributed by atoms with van der Waals surface area (Å²) in [4.78, 5) is 22.7. The highest BCUT2D eigenvalue weighted by Crippen LogP contribution is 2.45. The SMILES string of the molecule is O=COC1CC2C=C(C(=O)NCc3ccccc3)C1C2. The van der Waals surface area contributed by atoms with Crippen LogP contribution in [0.4, 0.5) is 0 Å². The van der Waals surface area contributed by atoms with Crippen molar-refractivity contribution in [2.45, 2.75) is 25.5 Å². The van der Waals surface area contributed by atoms with Crippen LogP contribution in [-0.4, -0.2) is 18.5 Å². The molecule has 0 saturated heterocycles. The number of carbonyl (C=O) groups excluding carboxylic acids is 2. The topological polar surface area (TPSA) is 55.4 Å². The van der Waals surface area contributed by atoms with Crippen molar-refractivity contribution in [3.05, 3.63) is 47.5 Å². The van der Waals surface area contributed by atoms with E-state index in [1.807, 2.05) is 36.4 Å². The minimum absolute atomic E-state index is 0.0412. The number of hydrogen-bond donors (Lipinski definition) is 1. The zero-order chi connectivity index (χ0) is 13.9.